The van der Waals surface area contributed by atoms with Gasteiger partial charge in [0, 0.05) is 35.6 Å². The number of nitrogens with zero attached hydrogens (tertiary/aromatic N) is 2. The summed E-state index contributed by atoms with van der Waals surface area (Å²) < 4.78 is 0. The topological polar surface area (TPSA) is 76.1 Å². The van der Waals surface area contributed by atoms with Gasteiger partial charge in [-0.2, -0.15) is 0 Å². The van der Waals surface area contributed by atoms with Crippen LogP contribution in [0.2, 0.25) is 0 Å². The number of thiazole rings is 1. The molecule has 0 saturated carbocycles. The van der Waals surface area contributed by atoms with Gasteiger partial charge in [0.05, 0.1) is 11.3 Å². The van der Waals surface area contributed by atoms with Gasteiger partial charge < -0.3 is 5.32 Å². The Balaban J connectivity index is 1.33. The van der Waals surface area contributed by atoms with Crippen LogP contribution in [0.4, 0.5) is 5.69 Å². The van der Waals surface area contributed by atoms with Crippen molar-refractivity contribution in [3.63, 3.8) is 0 Å². The predicted octanol–water partition coefficient (Wildman–Crippen LogP) is 4.68. The second-order valence-electron chi connectivity index (χ2n) is 6.48. The first-order chi connectivity index (χ1) is 14.8. The van der Waals surface area contributed by atoms with Crippen LogP contribution in [-0.4, -0.2) is 15.9 Å². The Bertz CT molecular complexity index is 1100. The summed E-state index contributed by atoms with van der Waals surface area (Å²) in [5.74, 6) is -0.314. The summed E-state index contributed by atoms with van der Waals surface area (Å²) in [6.07, 6.45) is 3.48. The summed E-state index contributed by atoms with van der Waals surface area (Å²) in [6.45, 7) is 0.788. The van der Waals surface area contributed by atoms with Crippen LogP contribution in [0.1, 0.15) is 21.6 Å². The van der Waals surface area contributed by atoms with E-state index in [2.05, 4.69) is 20.8 Å². The van der Waals surface area contributed by atoms with Crippen molar-refractivity contribution in [2.24, 2.45) is 0 Å². The largest absolute Gasteiger partial charge is 0.380 e. The van der Waals surface area contributed by atoms with Gasteiger partial charge in [-0.25, -0.2) is 10.5 Å². The summed E-state index contributed by atoms with van der Waals surface area (Å²) in [5, 5.41) is 6.14. The van der Waals surface area contributed by atoms with Crippen molar-refractivity contribution in [3.05, 3.63) is 101 Å². The van der Waals surface area contributed by atoms with Crippen LogP contribution in [0.15, 0.2) is 84.5 Å². The first-order valence-corrected chi connectivity index (χ1v) is 10.3. The lowest BCUT2D eigenvalue weighted by Gasteiger charge is -2.12. The Hall–Kier alpha value is -3.55. The number of amides is 1. The van der Waals surface area contributed by atoms with Gasteiger partial charge in [0.1, 0.15) is 11.6 Å². The molecule has 0 aliphatic carbocycles. The molecule has 0 atom stereocenters. The number of para-hydroxylation sites is 1. The molecule has 4 aromatic rings. The highest BCUT2D eigenvalue weighted by atomic mass is 32.1. The third-order valence-electron chi connectivity index (χ3n) is 4.36. The second kappa shape index (κ2) is 9.78. The second-order valence-corrected chi connectivity index (χ2v) is 7.34. The molecule has 2 N–H and O–H groups in total. The standard InChI is InChI=1S/C23H20N4O2S/c28-22(20-8-4-5-9-21(20)25-14-17-10-12-24-13-11-17)27-29-15-19-16-30-23(26-19)18-6-2-1-3-7-18/h1-13,16,25H,14-15H2,(H,27,28). The number of carbonyl (C=O) groups excluding carboxylic acids is 1. The Morgan fingerprint density at radius 1 is 0.967 bits per heavy atom. The van der Waals surface area contributed by atoms with Crippen molar-refractivity contribution in [3.8, 4) is 10.6 Å². The lowest BCUT2D eigenvalue weighted by atomic mass is 10.1. The van der Waals surface area contributed by atoms with E-state index in [4.69, 9.17) is 4.84 Å². The van der Waals surface area contributed by atoms with E-state index in [0.717, 1.165) is 27.5 Å². The molecule has 4 rings (SSSR count). The van der Waals surface area contributed by atoms with Gasteiger partial charge in [-0.3, -0.25) is 14.6 Å². The van der Waals surface area contributed by atoms with Crippen LogP contribution in [0.5, 0.6) is 0 Å². The highest BCUT2D eigenvalue weighted by Crippen LogP contribution is 2.23. The van der Waals surface area contributed by atoms with E-state index in [1.165, 1.54) is 0 Å². The quantitative estimate of drug-likeness (QED) is 0.408. The van der Waals surface area contributed by atoms with Gasteiger partial charge >= 0.3 is 0 Å². The molecular formula is C23H20N4O2S. The fourth-order valence-electron chi connectivity index (χ4n) is 2.85. The zero-order valence-corrected chi connectivity index (χ0v) is 16.9. The van der Waals surface area contributed by atoms with Gasteiger partial charge in [0.25, 0.3) is 5.91 Å². The molecule has 0 unspecified atom stereocenters. The first kappa shape index (κ1) is 19.8. The SMILES string of the molecule is O=C(NOCc1csc(-c2ccccc2)n1)c1ccccc1NCc1ccncc1. The first-order valence-electron chi connectivity index (χ1n) is 9.43. The van der Waals surface area contributed by atoms with Crippen LogP contribution in [0.3, 0.4) is 0 Å². The van der Waals surface area contributed by atoms with Gasteiger partial charge in [-0.15, -0.1) is 11.3 Å². The number of carbonyl (C=O) groups is 1. The average molecular weight is 417 g/mol. The van der Waals surface area contributed by atoms with Gasteiger partial charge in [0.15, 0.2) is 0 Å². The number of hydrogen-bond acceptors (Lipinski definition) is 6. The molecule has 0 fully saturated rings. The molecule has 2 aromatic carbocycles. The summed E-state index contributed by atoms with van der Waals surface area (Å²) in [7, 11) is 0. The highest BCUT2D eigenvalue weighted by Gasteiger charge is 2.12. The Labute approximate surface area is 178 Å². The predicted molar refractivity (Wildman–Crippen MR) is 118 cm³/mol. The number of hydroxylamine groups is 1. The Morgan fingerprint density at radius 3 is 2.57 bits per heavy atom. The zero-order chi connectivity index (χ0) is 20.6. The molecule has 150 valence electrons. The van der Waals surface area contributed by atoms with E-state index in [1.807, 2.05) is 66.0 Å². The third kappa shape index (κ3) is 5.08. The smallest absolute Gasteiger partial charge is 0.276 e. The van der Waals surface area contributed by atoms with Crippen molar-refractivity contribution in [1.82, 2.24) is 15.4 Å². The molecule has 2 heterocycles. The molecule has 2 aromatic heterocycles. The maximum atomic E-state index is 12.6. The van der Waals surface area contributed by atoms with E-state index in [9.17, 15) is 4.79 Å². The van der Waals surface area contributed by atoms with Crippen molar-refractivity contribution in [2.75, 3.05) is 5.32 Å². The number of benzene rings is 2. The monoisotopic (exact) mass is 416 g/mol. The molecule has 0 radical (unpaired) electrons. The minimum Gasteiger partial charge on any atom is -0.380 e. The zero-order valence-electron chi connectivity index (χ0n) is 16.1. The van der Waals surface area contributed by atoms with Gasteiger partial charge in [-0.05, 0) is 29.8 Å². The molecule has 0 aliphatic rings. The number of hydrogen-bond donors (Lipinski definition) is 2. The maximum absolute atomic E-state index is 12.6. The third-order valence-corrected chi connectivity index (χ3v) is 5.30. The Kier molecular flexibility index (Phi) is 6.44. The number of aromatic nitrogens is 2. The van der Waals surface area contributed by atoms with Crippen molar-refractivity contribution >= 4 is 22.9 Å². The summed E-state index contributed by atoms with van der Waals surface area (Å²) in [6, 6.07) is 21.1. The highest BCUT2D eigenvalue weighted by molar-refractivity contribution is 7.13. The maximum Gasteiger partial charge on any atom is 0.276 e. The number of nitrogens with one attached hydrogen (secondary N) is 2. The molecule has 30 heavy (non-hydrogen) atoms. The molecule has 6 nitrogen and oxygen atoms in total. The fraction of sp³-hybridized carbons (Fsp3) is 0.0870. The fourth-order valence-corrected chi connectivity index (χ4v) is 3.66. The van der Waals surface area contributed by atoms with E-state index in [0.29, 0.717) is 12.1 Å². The molecular weight excluding hydrogens is 396 g/mol. The molecule has 7 heteroatoms. The number of pyridine rings is 1. The van der Waals surface area contributed by atoms with Crippen LogP contribution >= 0.6 is 11.3 Å². The molecule has 0 spiro atoms. The van der Waals surface area contributed by atoms with E-state index < -0.39 is 0 Å². The lowest BCUT2D eigenvalue weighted by Crippen LogP contribution is -2.24. The van der Waals surface area contributed by atoms with Crippen molar-refractivity contribution < 1.29 is 9.63 Å². The van der Waals surface area contributed by atoms with Crippen molar-refractivity contribution in [1.29, 1.82) is 0 Å². The molecule has 0 bridgehead atoms. The van der Waals surface area contributed by atoms with Crippen LogP contribution < -0.4 is 10.8 Å². The number of rotatable bonds is 8. The van der Waals surface area contributed by atoms with E-state index in [-0.39, 0.29) is 12.5 Å². The van der Waals surface area contributed by atoms with Crippen LogP contribution in [0.25, 0.3) is 10.6 Å². The minimum atomic E-state index is -0.314. The summed E-state index contributed by atoms with van der Waals surface area (Å²) in [5.41, 5.74) is 6.66. The Morgan fingerprint density at radius 2 is 1.73 bits per heavy atom. The summed E-state index contributed by atoms with van der Waals surface area (Å²) in [4.78, 5) is 26.6. The van der Waals surface area contributed by atoms with Gasteiger partial charge in [0.2, 0.25) is 0 Å². The molecule has 1 amide bonds. The summed E-state index contributed by atoms with van der Waals surface area (Å²) >= 11 is 1.55. The normalized spacial score (nSPS) is 10.5. The lowest BCUT2D eigenvalue weighted by molar-refractivity contribution is 0.0224. The molecule has 0 aliphatic heterocycles. The minimum absolute atomic E-state index is 0.196. The van der Waals surface area contributed by atoms with Crippen molar-refractivity contribution in [2.45, 2.75) is 13.2 Å². The van der Waals surface area contributed by atoms with Gasteiger partial charge in [-0.1, -0.05) is 42.5 Å². The van der Waals surface area contributed by atoms with Crippen LogP contribution in [-0.2, 0) is 18.0 Å². The van der Waals surface area contributed by atoms with E-state index in [1.54, 1.807) is 29.8 Å². The van der Waals surface area contributed by atoms with E-state index >= 15 is 0 Å². The van der Waals surface area contributed by atoms with Crippen LogP contribution in [0, 0.1) is 0 Å². The molecule has 0 saturated heterocycles. The number of anilines is 1. The average Bonchev–Trinajstić information content (AvgIpc) is 3.28.